The lowest BCUT2D eigenvalue weighted by atomic mass is 10.2. The summed E-state index contributed by atoms with van der Waals surface area (Å²) < 4.78 is 12.5. The lowest BCUT2D eigenvalue weighted by Crippen LogP contribution is -2.14. The van der Waals surface area contributed by atoms with Crippen molar-refractivity contribution in [2.45, 2.75) is 18.6 Å². The van der Waals surface area contributed by atoms with E-state index in [0.29, 0.717) is 34.2 Å². The van der Waals surface area contributed by atoms with E-state index in [1.807, 2.05) is 29.7 Å². The van der Waals surface area contributed by atoms with Crippen LogP contribution in [-0.4, -0.2) is 50.8 Å². The number of carbonyl (C=O) groups excluding carboxylic acids is 1. The number of nitrogens with zero attached hydrogens (tertiary/aromatic N) is 5. The number of carbonyl (C=O) groups is 1. The van der Waals surface area contributed by atoms with Gasteiger partial charge < -0.3 is 9.47 Å². The summed E-state index contributed by atoms with van der Waals surface area (Å²) in [7, 11) is 3.16. The summed E-state index contributed by atoms with van der Waals surface area (Å²) in [5.74, 6) is 1.85. The minimum Gasteiger partial charge on any atom is -0.493 e. The molecule has 2 heterocycles. The summed E-state index contributed by atoms with van der Waals surface area (Å²) in [5, 5.41) is 20.9. The zero-order valence-corrected chi connectivity index (χ0v) is 17.8. The van der Waals surface area contributed by atoms with Crippen molar-refractivity contribution in [2.75, 3.05) is 25.3 Å². The van der Waals surface area contributed by atoms with Gasteiger partial charge in [-0.1, -0.05) is 29.2 Å². The Morgan fingerprint density at radius 2 is 2.03 bits per heavy atom. The fourth-order valence-corrected chi connectivity index (χ4v) is 3.87. The van der Waals surface area contributed by atoms with Crippen molar-refractivity contribution in [1.82, 2.24) is 25.0 Å². The van der Waals surface area contributed by atoms with Crippen LogP contribution in [0.3, 0.4) is 0 Å². The maximum atomic E-state index is 12.2. The molecule has 0 bridgehead atoms. The standard InChI is InChI=1S/C18H20N6O3S2/c1-5-8-24-16(12-6-7-13(26-3)14(9-12)27-4)21-23-18(24)28-10-15(25)19-17-22-20-11(2)29-17/h5-7,9H,1,8,10H2,2-4H3,(H,19,22,25). The number of anilines is 1. The normalized spacial score (nSPS) is 10.6. The molecule has 1 N–H and O–H groups in total. The van der Waals surface area contributed by atoms with Gasteiger partial charge in [0.05, 0.1) is 20.0 Å². The molecule has 0 radical (unpaired) electrons. The molecule has 0 atom stereocenters. The van der Waals surface area contributed by atoms with Crippen LogP contribution in [0.15, 0.2) is 36.0 Å². The van der Waals surface area contributed by atoms with E-state index >= 15 is 0 Å². The van der Waals surface area contributed by atoms with Crippen LogP contribution in [0.4, 0.5) is 5.13 Å². The summed E-state index contributed by atoms with van der Waals surface area (Å²) in [6, 6.07) is 5.52. The summed E-state index contributed by atoms with van der Waals surface area (Å²) in [6.07, 6.45) is 1.75. The van der Waals surface area contributed by atoms with Crippen molar-refractivity contribution >= 4 is 34.1 Å². The molecule has 29 heavy (non-hydrogen) atoms. The van der Waals surface area contributed by atoms with Gasteiger partial charge in [0, 0.05) is 12.1 Å². The van der Waals surface area contributed by atoms with Crippen molar-refractivity contribution in [2.24, 2.45) is 0 Å². The Bertz CT molecular complexity index is 1020. The quantitative estimate of drug-likeness (QED) is 0.406. The molecule has 3 aromatic rings. The zero-order chi connectivity index (χ0) is 20.8. The molecule has 3 rings (SSSR count). The van der Waals surface area contributed by atoms with Gasteiger partial charge in [0.2, 0.25) is 11.0 Å². The molecule has 0 fully saturated rings. The van der Waals surface area contributed by atoms with Crippen molar-refractivity contribution < 1.29 is 14.3 Å². The van der Waals surface area contributed by atoms with Crippen LogP contribution in [0.5, 0.6) is 11.5 Å². The Labute approximate surface area is 176 Å². The van der Waals surface area contributed by atoms with Gasteiger partial charge in [-0.3, -0.25) is 14.7 Å². The second-order valence-corrected chi connectivity index (χ2v) is 7.86. The van der Waals surface area contributed by atoms with E-state index in [1.54, 1.807) is 20.3 Å². The van der Waals surface area contributed by atoms with Gasteiger partial charge in [-0.15, -0.1) is 27.0 Å². The monoisotopic (exact) mass is 432 g/mol. The van der Waals surface area contributed by atoms with E-state index < -0.39 is 0 Å². The van der Waals surface area contributed by atoms with E-state index in [4.69, 9.17) is 9.47 Å². The first kappa shape index (κ1) is 20.8. The summed E-state index contributed by atoms with van der Waals surface area (Å²) in [6.45, 7) is 6.13. The molecule has 0 aliphatic rings. The lowest BCUT2D eigenvalue weighted by molar-refractivity contribution is -0.113. The SMILES string of the molecule is C=CCn1c(SCC(=O)Nc2nnc(C)s2)nnc1-c1ccc(OC)c(OC)c1. The number of hydrogen-bond donors (Lipinski definition) is 1. The second kappa shape index (κ2) is 9.52. The van der Waals surface area contributed by atoms with E-state index in [0.717, 1.165) is 10.6 Å². The maximum Gasteiger partial charge on any atom is 0.236 e. The van der Waals surface area contributed by atoms with Crippen molar-refractivity contribution in [3.05, 3.63) is 35.9 Å². The lowest BCUT2D eigenvalue weighted by Gasteiger charge is -2.11. The molecule has 0 aliphatic carbocycles. The first-order chi connectivity index (χ1) is 14.0. The minimum absolute atomic E-state index is 0.167. The number of benzene rings is 1. The molecule has 152 valence electrons. The Kier molecular flexibility index (Phi) is 6.83. The Balaban J connectivity index is 1.78. The molecule has 0 saturated heterocycles. The number of nitrogens with one attached hydrogen (secondary N) is 1. The highest BCUT2D eigenvalue weighted by Crippen LogP contribution is 2.33. The highest BCUT2D eigenvalue weighted by Gasteiger charge is 2.17. The average Bonchev–Trinajstić information content (AvgIpc) is 3.32. The molecular weight excluding hydrogens is 412 g/mol. The predicted molar refractivity (Wildman–Crippen MR) is 113 cm³/mol. The molecule has 2 aromatic heterocycles. The molecule has 0 spiro atoms. The van der Waals surface area contributed by atoms with E-state index in [1.165, 1.54) is 23.1 Å². The van der Waals surface area contributed by atoms with Crippen LogP contribution in [0.1, 0.15) is 5.01 Å². The topological polar surface area (TPSA) is 104 Å². The van der Waals surface area contributed by atoms with Crippen LogP contribution in [0.25, 0.3) is 11.4 Å². The average molecular weight is 433 g/mol. The van der Waals surface area contributed by atoms with Gasteiger partial charge in [0.1, 0.15) is 5.01 Å². The van der Waals surface area contributed by atoms with Crippen molar-refractivity contribution in [1.29, 1.82) is 0 Å². The fourth-order valence-electron chi connectivity index (χ4n) is 2.51. The second-order valence-electron chi connectivity index (χ2n) is 5.74. The molecule has 1 aromatic carbocycles. The zero-order valence-electron chi connectivity index (χ0n) is 16.2. The molecule has 0 unspecified atom stereocenters. The summed E-state index contributed by atoms with van der Waals surface area (Å²) >= 11 is 2.61. The smallest absolute Gasteiger partial charge is 0.236 e. The number of rotatable bonds is 9. The van der Waals surface area contributed by atoms with Crippen molar-refractivity contribution in [3.8, 4) is 22.9 Å². The number of ether oxygens (including phenoxy) is 2. The Morgan fingerprint density at radius 3 is 2.69 bits per heavy atom. The van der Waals surface area contributed by atoms with Gasteiger partial charge in [-0.05, 0) is 25.1 Å². The molecule has 11 heteroatoms. The van der Waals surface area contributed by atoms with Crippen LogP contribution in [0.2, 0.25) is 0 Å². The first-order valence-electron chi connectivity index (χ1n) is 8.55. The number of amides is 1. The predicted octanol–water partition coefficient (Wildman–Crippen LogP) is 3.04. The van der Waals surface area contributed by atoms with E-state index in [2.05, 4.69) is 32.3 Å². The maximum absolute atomic E-state index is 12.2. The molecule has 0 aliphatic heterocycles. The van der Waals surface area contributed by atoms with Gasteiger partial charge >= 0.3 is 0 Å². The molecule has 1 amide bonds. The molecule has 0 saturated carbocycles. The number of thioether (sulfide) groups is 1. The van der Waals surface area contributed by atoms with E-state index in [9.17, 15) is 4.79 Å². The van der Waals surface area contributed by atoms with Crippen molar-refractivity contribution in [3.63, 3.8) is 0 Å². The number of hydrogen-bond acceptors (Lipinski definition) is 9. The first-order valence-corrected chi connectivity index (χ1v) is 10.3. The van der Waals surface area contributed by atoms with Crippen LogP contribution < -0.4 is 14.8 Å². The summed E-state index contributed by atoms with van der Waals surface area (Å²) in [5.41, 5.74) is 0.817. The summed E-state index contributed by atoms with van der Waals surface area (Å²) in [4.78, 5) is 12.2. The highest BCUT2D eigenvalue weighted by atomic mass is 32.2. The number of aryl methyl sites for hydroxylation is 1. The molecular formula is C18H20N6O3S2. The van der Waals surface area contributed by atoms with Gasteiger partial charge in [0.15, 0.2) is 22.5 Å². The van der Waals surface area contributed by atoms with Gasteiger partial charge in [-0.25, -0.2) is 0 Å². The Morgan fingerprint density at radius 1 is 1.24 bits per heavy atom. The third kappa shape index (κ3) is 4.93. The number of aromatic nitrogens is 5. The van der Waals surface area contributed by atoms with Gasteiger partial charge in [-0.2, -0.15) is 0 Å². The van der Waals surface area contributed by atoms with Crippen LogP contribution >= 0.6 is 23.1 Å². The van der Waals surface area contributed by atoms with E-state index in [-0.39, 0.29) is 11.7 Å². The Hall–Kier alpha value is -2.92. The number of methoxy groups -OCH3 is 2. The van der Waals surface area contributed by atoms with Gasteiger partial charge in [0.25, 0.3) is 0 Å². The number of allylic oxidation sites excluding steroid dienone is 1. The third-order valence-corrected chi connectivity index (χ3v) is 5.50. The van der Waals surface area contributed by atoms with Crippen LogP contribution in [-0.2, 0) is 11.3 Å². The largest absolute Gasteiger partial charge is 0.493 e. The minimum atomic E-state index is -0.188. The fraction of sp³-hybridized carbons (Fsp3) is 0.278. The van der Waals surface area contributed by atoms with Crippen LogP contribution in [0, 0.1) is 6.92 Å². The highest BCUT2D eigenvalue weighted by molar-refractivity contribution is 7.99. The third-order valence-electron chi connectivity index (χ3n) is 3.77. The molecule has 9 nitrogen and oxygen atoms in total.